The van der Waals surface area contributed by atoms with E-state index < -0.39 is 12.2 Å². The zero-order chi connectivity index (χ0) is 23.4. The molecule has 3 aromatic rings. The Kier molecular flexibility index (Phi) is 6.98. The van der Waals surface area contributed by atoms with E-state index in [0.29, 0.717) is 28.2 Å². The highest BCUT2D eigenvalue weighted by atomic mass is 19.1. The molecule has 4 rings (SSSR count). The average molecular weight is 458 g/mol. The molecule has 1 fully saturated rings. The van der Waals surface area contributed by atoms with Crippen LogP contribution < -0.4 is 30.8 Å². The topological polar surface area (TPSA) is 83.7 Å². The molecule has 0 saturated carbocycles. The normalized spacial score (nSPS) is 14.4. The van der Waals surface area contributed by atoms with E-state index in [1.54, 1.807) is 48.1 Å². The Bertz CT molecular complexity index is 1250. The molecule has 1 N–H and O–H groups in total. The Labute approximate surface area is 190 Å². The van der Waals surface area contributed by atoms with Crippen LogP contribution in [0.15, 0.2) is 46.0 Å². The Balaban J connectivity index is 1.87. The SMILES string of the molecule is COc1ccc(Cn2c(=O)c3cc(OCCF)ccc3n(C3CCNCC3)c2=O)cc1OC. The molecule has 8 nitrogen and oxygen atoms in total. The van der Waals surface area contributed by atoms with Gasteiger partial charge in [-0.25, -0.2) is 9.18 Å². The highest BCUT2D eigenvalue weighted by molar-refractivity contribution is 5.80. The van der Waals surface area contributed by atoms with Crippen LogP contribution in [0.5, 0.6) is 17.2 Å². The minimum atomic E-state index is -0.629. The highest BCUT2D eigenvalue weighted by Crippen LogP contribution is 2.28. The van der Waals surface area contributed by atoms with Crippen molar-refractivity contribution in [3.05, 3.63) is 62.8 Å². The number of piperidine rings is 1. The first-order valence-electron chi connectivity index (χ1n) is 11.0. The lowest BCUT2D eigenvalue weighted by Crippen LogP contribution is -2.43. The van der Waals surface area contributed by atoms with Gasteiger partial charge in [0.15, 0.2) is 11.5 Å². The molecular weight excluding hydrogens is 429 g/mol. The van der Waals surface area contributed by atoms with Gasteiger partial charge in [0.1, 0.15) is 19.0 Å². The summed E-state index contributed by atoms with van der Waals surface area (Å²) in [5.74, 6) is 1.48. The van der Waals surface area contributed by atoms with Crippen LogP contribution in [-0.4, -0.2) is 49.7 Å². The molecule has 0 aliphatic carbocycles. The first kappa shape index (κ1) is 22.8. The lowest BCUT2D eigenvalue weighted by molar-refractivity contribution is 0.273. The monoisotopic (exact) mass is 457 g/mol. The maximum Gasteiger partial charge on any atom is 0.332 e. The fraction of sp³-hybridized carbons (Fsp3) is 0.417. The molecule has 0 radical (unpaired) electrons. The van der Waals surface area contributed by atoms with Gasteiger partial charge in [-0.15, -0.1) is 0 Å². The third-order valence-corrected chi connectivity index (χ3v) is 5.95. The standard InChI is InChI=1S/C24H28FN3O5/c1-31-21-6-3-16(13-22(21)32-2)15-27-23(29)19-14-18(33-12-9-25)4-5-20(19)28(24(27)30)17-7-10-26-11-8-17/h3-6,13-14,17,26H,7-12,15H2,1-2H3. The van der Waals surface area contributed by atoms with Crippen molar-refractivity contribution in [1.29, 1.82) is 0 Å². The summed E-state index contributed by atoms with van der Waals surface area (Å²) in [4.78, 5) is 27.1. The highest BCUT2D eigenvalue weighted by Gasteiger charge is 2.22. The Hall–Kier alpha value is -3.33. The van der Waals surface area contributed by atoms with Crippen LogP contribution in [0.2, 0.25) is 0 Å². The molecule has 2 aromatic carbocycles. The summed E-state index contributed by atoms with van der Waals surface area (Å²) in [6.45, 7) is 0.945. The van der Waals surface area contributed by atoms with Crippen LogP contribution in [0.1, 0.15) is 24.4 Å². The summed E-state index contributed by atoms with van der Waals surface area (Å²) >= 11 is 0. The van der Waals surface area contributed by atoms with Crippen LogP contribution in [0.4, 0.5) is 4.39 Å². The number of aromatic nitrogens is 2. The van der Waals surface area contributed by atoms with Gasteiger partial charge in [0, 0.05) is 6.04 Å². The van der Waals surface area contributed by atoms with E-state index in [-0.39, 0.29) is 24.9 Å². The van der Waals surface area contributed by atoms with Crippen molar-refractivity contribution in [3.63, 3.8) is 0 Å². The molecule has 1 saturated heterocycles. The molecule has 33 heavy (non-hydrogen) atoms. The molecule has 9 heteroatoms. The maximum absolute atomic E-state index is 13.6. The molecule has 0 atom stereocenters. The zero-order valence-electron chi connectivity index (χ0n) is 18.8. The quantitative estimate of drug-likeness (QED) is 0.560. The summed E-state index contributed by atoms with van der Waals surface area (Å²) < 4.78 is 31.6. The number of hydrogen-bond donors (Lipinski definition) is 1. The Morgan fingerprint density at radius 1 is 1.03 bits per heavy atom. The number of halogens is 1. The van der Waals surface area contributed by atoms with Crippen molar-refractivity contribution in [2.45, 2.75) is 25.4 Å². The van der Waals surface area contributed by atoms with E-state index >= 15 is 0 Å². The van der Waals surface area contributed by atoms with E-state index in [4.69, 9.17) is 14.2 Å². The van der Waals surface area contributed by atoms with E-state index in [1.807, 2.05) is 0 Å². The Morgan fingerprint density at radius 2 is 1.79 bits per heavy atom. The Morgan fingerprint density at radius 3 is 2.48 bits per heavy atom. The smallest absolute Gasteiger partial charge is 0.332 e. The van der Waals surface area contributed by atoms with E-state index in [1.165, 1.54) is 11.7 Å². The van der Waals surface area contributed by atoms with Crippen LogP contribution in [0.3, 0.4) is 0 Å². The van der Waals surface area contributed by atoms with Crippen LogP contribution >= 0.6 is 0 Å². The first-order valence-corrected chi connectivity index (χ1v) is 11.0. The number of methoxy groups -OCH3 is 2. The fourth-order valence-corrected chi connectivity index (χ4v) is 4.33. The molecule has 1 aromatic heterocycles. The fourth-order valence-electron chi connectivity index (χ4n) is 4.33. The van der Waals surface area contributed by atoms with Gasteiger partial charge in [-0.3, -0.25) is 13.9 Å². The predicted molar refractivity (Wildman–Crippen MR) is 124 cm³/mol. The van der Waals surface area contributed by atoms with Gasteiger partial charge in [-0.2, -0.15) is 0 Å². The number of nitrogens with one attached hydrogen (secondary N) is 1. The summed E-state index contributed by atoms with van der Waals surface area (Å²) in [5, 5.41) is 3.67. The molecule has 0 bridgehead atoms. The van der Waals surface area contributed by atoms with Gasteiger partial charge < -0.3 is 19.5 Å². The van der Waals surface area contributed by atoms with Crippen molar-refractivity contribution >= 4 is 10.9 Å². The molecular formula is C24H28FN3O5. The van der Waals surface area contributed by atoms with Gasteiger partial charge in [0.2, 0.25) is 0 Å². The van der Waals surface area contributed by atoms with Crippen molar-refractivity contribution in [2.75, 3.05) is 40.6 Å². The second kappa shape index (κ2) is 10.1. The van der Waals surface area contributed by atoms with Crippen molar-refractivity contribution < 1.29 is 18.6 Å². The van der Waals surface area contributed by atoms with Crippen molar-refractivity contribution in [2.24, 2.45) is 0 Å². The molecule has 0 unspecified atom stereocenters. The molecule has 0 spiro atoms. The predicted octanol–water partition coefficient (Wildman–Crippen LogP) is 2.50. The van der Waals surface area contributed by atoms with Crippen molar-refractivity contribution in [1.82, 2.24) is 14.5 Å². The number of rotatable bonds is 8. The third kappa shape index (κ3) is 4.59. The minimum Gasteiger partial charge on any atom is -0.493 e. The van der Waals surface area contributed by atoms with E-state index in [9.17, 15) is 14.0 Å². The average Bonchev–Trinajstić information content (AvgIpc) is 2.86. The number of hydrogen-bond acceptors (Lipinski definition) is 6. The number of ether oxygens (including phenoxy) is 3. The zero-order valence-corrected chi connectivity index (χ0v) is 18.8. The molecule has 176 valence electrons. The number of fused-ring (bicyclic) bond motifs is 1. The van der Waals surface area contributed by atoms with Gasteiger partial charge in [0.05, 0.1) is 31.7 Å². The first-order chi connectivity index (χ1) is 16.1. The molecule has 2 heterocycles. The summed E-state index contributed by atoms with van der Waals surface area (Å²) in [5.41, 5.74) is 0.522. The second-order valence-corrected chi connectivity index (χ2v) is 7.93. The lowest BCUT2D eigenvalue weighted by Gasteiger charge is -2.27. The lowest BCUT2D eigenvalue weighted by atomic mass is 10.1. The largest absolute Gasteiger partial charge is 0.493 e. The third-order valence-electron chi connectivity index (χ3n) is 5.95. The van der Waals surface area contributed by atoms with Gasteiger partial charge in [-0.1, -0.05) is 6.07 Å². The molecule has 1 aliphatic heterocycles. The summed E-state index contributed by atoms with van der Waals surface area (Å²) in [7, 11) is 3.08. The van der Waals surface area contributed by atoms with E-state index in [0.717, 1.165) is 31.5 Å². The maximum atomic E-state index is 13.6. The van der Waals surface area contributed by atoms with Gasteiger partial charge in [-0.05, 0) is 61.8 Å². The van der Waals surface area contributed by atoms with Crippen molar-refractivity contribution in [3.8, 4) is 17.2 Å². The van der Waals surface area contributed by atoms with Gasteiger partial charge in [0.25, 0.3) is 5.56 Å². The second-order valence-electron chi connectivity index (χ2n) is 7.93. The minimum absolute atomic E-state index is 0.0314. The van der Waals surface area contributed by atoms with Gasteiger partial charge >= 0.3 is 5.69 Å². The molecule has 1 aliphatic rings. The number of nitrogens with zero attached hydrogens (tertiary/aromatic N) is 2. The summed E-state index contributed by atoms with van der Waals surface area (Å²) in [6, 6.07) is 10.2. The van der Waals surface area contributed by atoms with Crippen LogP contribution in [0, 0.1) is 0 Å². The summed E-state index contributed by atoms with van der Waals surface area (Å²) in [6.07, 6.45) is 1.56. The number of benzene rings is 2. The molecule has 0 amide bonds. The van der Waals surface area contributed by atoms with Crippen LogP contribution in [0.25, 0.3) is 10.9 Å². The number of alkyl halides is 1. The van der Waals surface area contributed by atoms with Crippen LogP contribution in [-0.2, 0) is 6.54 Å². The van der Waals surface area contributed by atoms with E-state index in [2.05, 4.69) is 5.32 Å².